The van der Waals surface area contributed by atoms with Crippen molar-refractivity contribution in [2.75, 3.05) is 7.11 Å². The molecule has 216 valence electrons. The monoisotopic (exact) mass is 576 g/mol. The first-order valence-electron chi connectivity index (χ1n) is 12.5. The van der Waals surface area contributed by atoms with Crippen molar-refractivity contribution in [1.82, 2.24) is 0 Å². The van der Waals surface area contributed by atoms with Crippen molar-refractivity contribution < 1.29 is 59.3 Å². The zero-order chi connectivity index (χ0) is 30.8. The van der Waals surface area contributed by atoms with Gasteiger partial charge in [-0.15, -0.1) is 0 Å². The average molecular weight is 577 g/mol. The van der Waals surface area contributed by atoms with Crippen molar-refractivity contribution in [2.24, 2.45) is 0 Å². The van der Waals surface area contributed by atoms with Crippen molar-refractivity contribution in [3.63, 3.8) is 0 Å². The summed E-state index contributed by atoms with van der Waals surface area (Å²) in [5.74, 6) is -1.44. The van der Waals surface area contributed by atoms with Gasteiger partial charge in [-0.3, -0.25) is 14.4 Å². The van der Waals surface area contributed by atoms with E-state index in [-0.39, 0.29) is 16.7 Å². The van der Waals surface area contributed by atoms with E-state index >= 15 is 0 Å². The number of methoxy groups -OCH3 is 1. The van der Waals surface area contributed by atoms with Crippen LogP contribution in [0, 0.1) is 11.8 Å². The number of carbonyl (C=O) groups excluding carboxylic acids is 4. The van der Waals surface area contributed by atoms with E-state index in [9.17, 15) is 49.8 Å². The molecule has 2 aromatic rings. The van der Waals surface area contributed by atoms with Crippen LogP contribution in [-0.4, -0.2) is 78.1 Å². The van der Waals surface area contributed by atoms with Crippen LogP contribution in [0.2, 0.25) is 0 Å². The van der Waals surface area contributed by atoms with Gasteiger partial charge in [0.05, 0.1) is 18.2 Å². The molecule has 0 spiro atoms. The summed E-state index contributed by atoms with van der Waals surface area (Å²) in [4.78, 5) is 49.7. The van der Waals surface area contributed by atoms with Crippen molar-refractivity contribution in [2.45, 2.75) is 43.0 Å². The number of aliphatic hydroxyl groups excluding tert-OH is 2. The van der Waals surface area contributed by atoms with Gasteiger partial charge in [0.1, 0.15) is 34.0 Å². The number of rotatable bonds is 2. The van der Waals surface area contributed by atoms with Crippen LogP contribution in [0.15, 0.2) is 53.3 Å². The van der Waals surface area contributed by atoms with Crippen molar-refractivity contribution in [3.8, 4) is 23.3 Å². The standard InChI is InChI=1S/C30H24O12/c1-14(31)42-17-8-4-15(5-9-17)3-6-16-7-10-19(32)21-18(16)11-28(38)13-29(39)12-20(33)22(27(37)41-2)25(35)30(29,40)26(36)23(28)24(21)34/h4-5,7-10,32,34-35,38-40H,11-13H2,1-2H3/t28-,29+,30-/m0/s1. The number of hydrogen-bond acceptors (Lipinski definition) is 12. The van der Waals surface area contributed by atoms with Gasteiger partial charge in [0.25, 0.3) is 0 Å². The van der Waals surface area contributed by atoms with E-state index in [1.54, 1.807) is 12.1 Å². The Morgan fingerprint density at radius 1 is 0.929 bits per heavy atom. The van der Waals surface area contributed by atoms with Crippen molar-refractivity contribution in [3.05, 3.63) is 75.6 Å². The Labute approximate surface area is 237 Å². The van der Waals surface area contributed by atoms with Gasteiger partial charge in [-0.2, -0.15) is 0 Å². The number of phenols is 1. The molecule has 0 amide bonds. The smallest absolute Gasteiger partial charge is 0.345 e. The fourth-order valence-corrected chi connectivity index (χ4v) is 5.81. The minimum absolute atomic E-state index is 0.0989. The molecule has 0 heterocycles. The molecule has 12 nitrogen and oxygen atoms in total. The van der Waals surface area contributed by atoms with Crippen LogP contribution in [-0.2, 0) is 30.3 Å². The molecule has 0 unspecified atom stereocenters. The highest BCUT2D eigenvalue weighted by molar-refractivity contribution is 6.22. The number of Topliss-reactive ketones (excluding diaryl/α,β-unsaturated/α-hetero) is 2. The number of carbonyl (C=O) groups is 4. The zero-order valence-corrected chi connectivity index (χ0v) is 22.2. The molecule has 0 saturated heterocycles. The molecule has 1 fully saturated rings. The Morgan fingerprint density at radius 2 is 1.60 bits per heavy atom. The number of ether oxygens (including phenoxy) is 2. The second-order valence-electron chi connectivity index (χ2n) is 10.3. The minimum Gasteiger partial charge on any atom is -0.508 e. The Hall–Kier alpha value is -4.96. The van der Waals surface area contributed by atoms with Gasteiger partial charge in [0.15, 0.2) is 11.5 Å². The third-order valence-corrected chi connectivity index (χ3v) is 7.67. The lowest BCUT2D eigenvalue weighted by molar-refractivity contribution is -0.200. The fourth-order valence-electron chi connectivity index (χ4n) is 5.81. The van der Waals surface area contributed by atoms with Gasteiger partial charge in [-0.25, -0.2) is 4.79 Å². The number of hydrogen-bond donors (Lipinski definition) is 6. The highest BCUT2D eigenvalue weighted by atomic mass is 16.5. The maximum atomic E-state index is 13.7. The number of aromatic hydroxyl groups is 1. The molecule has 0 aliphatic heterocycles. The predicted molar refractivity (Wildman–Crippen MR) is 141 cm³/mol. The number of phenolic OH excluding ortho intramolecular Hbond substituents is 1. The third-order valence-electron chi connectivity index (χ3n) is 7.67. The molecule has 3 aliphatic carbocycles. The summed E-state index contributed by atoms with van der Waals surface area (Å²) in [6.45, 7) is 1.26. The Morgan fingerprint density at radius 3 is 2.21 bits per heavy atom. The van der Waals surface area contributed by atoms with Gasteiger partial charge in [-0.1, -0.05) is 11.8 Å². The van der Waals surface area contributed by atoms with Gasteiger partial charge < -0.3 is 40.1 Å². The molecule has 3 atom stereocenters. The zero-order valence-electron chi connectivity index (χ0n) is 22.2. The third kappa shape index (κ3) is 4.06. The number of benzene rings is 2. The van der Waals surface area contributed by atoms with Crippen LogP contribution in [0.4, 0.5) is 0 Å². The first-order chi connectivity index (χ1) is 19.7. The first-order valence-corrected chi connectivity index (χ1v) is 12.5. The van der Waals surface area contributed by atoms with Crippen molar-refractivity contribution >= 4 is 29.3 Å². The second-order valence-corrected chi connectivity index (χ2v) is 10.3. The summed E-state index contributed by atoms with van der Waals surface area (Å²) < 4.78 is 9.45. The lowest BCUT2D eigenvalue weighted by Crippen LogP contribution is -2.72. The fraction of sp³-hybridized carbons (Fsp3) is 0.267. The van der Waals surface area contributed by atoms with E-state index in [1.807, 2.05) is 0 Å². The SMILES string of the molecule is COC(=O)C1=C(O)[C@]2(O)C(=O)C3=C(O)c4c(O)ccc(C#Cc5ccc(OC(C)=O)cc5)c4C[C@]3(O)C[C@]2(O)CC1=O. The van der Waals surface area contributed by atoms with Crippen LogP contribution in [0.5, 0.6) is 11.5 Å². The molecular formula is C30H24O12. The van der Waals surface area contributed by atoms with E-state index in [0.717, 1.165) is 7.11 Å². The summed E-state index contributed by atoms with van der Waals surface area (Å²) in [5, 5.41) is 67.2. The molecule has 0 radical (unpaired) electrons. The maximum Gasteiger partial charge on any atom is 0.345 e. The normalized spacial score (nSPS) is 26.4. The van der Waals surface area contributed by atoms with E-state index in [0.29, 0.717) is 11.3 Å². The summed E-state index contributed by atoms with van der Waals surface area (Å²) >= 11 is 0. The quantitative estimate of drug-likeness (QED) is 0.126. The van der Waals surface area contributed by atoms with Crippen LogP contribution in [0.25, 0.3) is 5.76 Å². The summed E-state index contributed by atoms with van der Waals surface area (Å²) in [6.07, 6.45) is -2.47. The number of aliphatic hydroxyl groups is 5. The number of fused-ring (bicyclic) bond motifs is 3. The average Bonchev–Trinajstić information content (AvgIpc) is 2.90. The lowest BCUT2D eigenvalue weighted by Gasteiger charge is -2.54. The van der Waals surface area contributed by atoms with Gasteiger partial charge in [0.2, 0.25) is 11.4 Å². The topological polar surface area (TPSA) is 208 Å². The molecule has 3 aliphatic rings. The largest absolute Gasteiger partial charge is 0.508 e. The first kappa shape index (κ1) is 28.6. The molecule has 6 N–H and O–H groups in total. The highest BCUT2D eigenvalue weighted by Gasteiger charge is 2.71. The molecule has 2 aromatic carbocycles. The van der Waals surface area contributed by atoms with E-state index < -0.39 is 88.0 Å². The predicted octanol–water partition coefficient (Wildman–Crippen LogP) is 0.667. The molecule has 5 rings (SSSR count). The number of ketones is 2. The molecular weight excluding hydrogens is 552 g/mol. The van der Waals surface area contributed by atoms with Gasteiger partial charge >= 0.3 is 11.9 Å². The molecule has 0 bridgehead atoms. The molecule has 0 aromatic heterocycles. The minimum atomic E-state index is -3.30. The van der Waals surface area contributed by atoms with Gasteiger partial charge in [-0.05, 0) is 42.0 Å². The summed E-state index contributed by atoms with van der Waals surface area (Å²) in [6, 6.07) is 8.82. The Balaban J connectivity index is 1.64. The van der Waals surface area contributed by atoms with E-state index in [4.69, 9.17) is 4.74 Å². The van der Waals surface area contributed by atoms with E-state index in [1.165, 1.54) is 31.2 Å². The van der Waals surface area contributed by atoms with Gasteiger partial charge in [0, 0.05) is 37.3 Å². The number of esters is 2. The second kappa shape index (κ2) is 9.56. The summed E-state index contributed by atoms with van der Waals surface area (Å²) in [5.41, 5.74) is -9.84. The van der Waals surface area contributed by atoms with Crippen LogP contribution in [0.3, 0.4) is 0 Å². The Bertz CT molecular complexity index is 1720. The van der Waals surface area contributed by atoms with Crippen molar-refractivity contribution in [1.29, 1.82) is 0 Å². The highest BCUT2D eigenvalue weighted by Crippen LogP contribution is 2.55. The lowest BCUT2D eigenvalue weighted by atomic mass is 9.55. The maximum absolute atomic E-state index is 13.7. The molecule has 1 saturated carbocycles. The molecule has 42 heavy (non-hydrogen) atoms. The van der Waals surface area contributed by atoms with Crippen LogP contribution < -0.4 is 4.74 Å². The van der Waals surface area contributed by atoms with Crippen LogP contribution in [0.1, 0.15) is 42.0 Å². The van der Waals surface area contributed by atoms with Crippen LogP contribution >= 0.6 is 0 Å². The molecule has 12 heteroatoms. The van der Waals surface area contributed by atoms with E-state index in [2.05, 4.69) is 16.6 Å². The Kier molecular flexibility index (Phi) is 6.50. The summed E-state index contributed by atoms with van der Waals surface area (Å²) in [7, 11) is 0.899.